The summed E-state index contributed by atoms with van der Waals surface area (Å²) >= 11 is 6.27. The molecular formula is C13H14N4OS2. The van der Waals surface area contributed by atoms with Gasteiger partial charge >= 0.3 is 0 Å². The maximum atomic E-state index is 12.3. The van der Waals surface area contributed by atoms with E-state index in [9.17, 15) is 4.79 Å². The van der Waals surface area contributed by atoms with Gasteiger partial charge in [-0.1, -0.05) is 48.7 Å². The van der Waals surface area contributed by atoms with Crippen molar-refractivity contribution in [3.8, 4) is 0 Å². The van der Waals surface area contributed by atoms with Crippen LogP contribution in [0.3, 0.4) is 0 Å². The van der Waals surface area contributed by atoms with Gasteiger partial charge in [-0.15, -0.1) is 10.2 Å². The van der Waals surface area contributed by atoms with Crippen LogP contribution in [0.4, 0.5) is 5.13 Å². The Bertz CT molecular complexity index is 639. The van der Waals surface area contributed by atoms with Crippen molar-refractivity contribution in [1.29, 1.82) is 0 Å². The van der Waals surface area contributed by atoms with E-state index in [-0.39, 0.29) is 5.91 Å². The highest BCUT2D eigenvalue weighted by atomic mass is 32.1. The summed E-state index contributed by atoms with van der Waals surface area (Å²) < 4.78 is 0. The zero-order chi connectivity index (χ0) is 14.5. The fraction of sp³-hybridized carbons (Fsp3) is 0.231. The van der Waals surface area contributed by atoms with Gasteiger partial charge in [0.05, 0.1) is 4.99 Å². The van der Waals surface area contributed by atoms with Gasteiger partial charge in [0.15, 0.2) is 0 Å². The van der Waals surface area contributed by atoms with E-state index >= 15 is 0 Å². The summed E-state index contributed by atoms with van der Waals surface area (Å²) in [6, 6.07) is 7.23. The van der Waals surface area contributed by atoms with E-state index in [0.717, 1.165) is 17.0 Å². The molecule has 2 aromatic rings. The summed E-state index contributed by atoms with van der Waals surface area (Å²) in [5.74, 6) is -0.226. The number of hydrogen-bond acceptors (Lipinski definition) is 5. The molecule has 0 aliphatic heterocycles. The predicted octanol–water partition coefficient (Wildman–Crippen LogP) is 2.18. The molecular weight excluding hydrogens is 292 g/mol. The molecule has 0 aliphatic carbocycles. The number of nitrogens with two attached hydrogens (primary N) is 1. The molecule has 20 heavy (non-hydrogen) atoms. The number of carbonyl (C=O) groups is 1. The average molecular weight is 306 g/mol. The lowest BCUT2D eigenvalue weighted by molar-refractivity contribution is 0.102. The first-order valence-corrected chi connectivity index (χ1v) is 7.32. The van der Waals surface area contributed by atoms with Gasteiger partial charge in [-0.2, -0.15) is 0 Å². The lowest BCUT2D eigenvalue weighted by Crippen LogP contribution is -2.18. The second kappa shape index (κ2) is 6.53. The van der Waals surface area contributed by atoms with Crippen LogP contribution in [0, 0.1) is 0 Å². The molecule has 3 N–H and O–H groups in total. The smallest absolute Gasteiger partial charge is 0.257 e. The number of nitrogens with zero attached hydrogens (tertiary/aromatic N) is 2. The minimum atomic E-state index is -0.226. The van der Waals surface area contributed by atoms with Crippen LogP contribution in [0.1, 0.15) is 27.9 Å². The first-order chi connectivity index (χ1) is 9.60. The van der Waals surface area contributed by atoms with Crippen molar-refractivity contribution >= 4 is 39.6 Å². The van der Waals surface area contributed by atoms with Crippen LogP contribution >= 0.6 is 23.6 Å². The van der Waals surface area contributed by atoms with Gasteiger partial charge in [-0.05, 0) is 18.1 Å². The fourth-order valence-electron chi connectivity index (χ4n) is 1.70. The Kier molecular flexibility index (Phi) is 4.75. The van der Waals surface area contributed by atoms with E-state index < -0.39 is 0 Å². The number of nitrogens with one attached hydrogen (secondary N) is 1. The molecule has 0 spiro atoms. The molecule has 0 saturated carbocycles. The topological polar surface area (TPSA) is 80.9 Å². The number of rotatable bonds is 5. The molecule has 0 radical (unpaired) electrons. The second-order valence-electron chi connectivity index (χ2n) is 4.11. The molecule has 104 valence electrons. The van der Waals surface area contributed by atoms with Crippen LogP contribution < -0.4 is 11.1 Å². The summed E-state index contributed by atoms with van der Waals surface area (Å²) in [5.41, 5.74) is 6.90. The van der Waals surface area contributed by atoms with E-state index in [4.69, 9.17) is 18.0 Å². The van der Waals surface area contributed by atoms with E-state index in [1.807, 2.05) is 19.1 Å². The number of hydrogen-bond donors (Lipinski definition) is 2. The largest absolute Gasteiger partial charge is 0.393 e. The number of amides is 1. The first-order valence-electron chi connectivity index (χ1n) is 6.10. The molecule has 0 fully saturated rings. The molecule has 0 unspecified atom stereocenters. The van der Waals surface area contributed by atoms with E-state index in [1.54, 1.807) is 12.1 Å². The molecule has 5 nitrogen and oxygen atoms in total. The average Bonchev–Trinajstić information content (AvgIpc) is 2.86. The molecule has 1 aromatic heterocycles. The Morgan fingerprint density at radius 1 is 1.40 bits per heavy atom. The molecule has 1 heterocycles. The summed E-state index contributed by atoms with van der Waals surface area (Å²) in [4.78, 5) is 12.6. The molecule has 1 amide bonds. The zero-order valence-corrected chi connectivity index (χ0v) is 12.6. The highest BCUT2D eigenvalue weighted by molar-refractivity contribution is 7.80. The highest BCUT2D eigenvalue weighted by Crippen LogP contribution is 2.18. The van der Waals surface area contributed by atoms with Gasteiger partial charge in [0.2, 0.25) is 5.13 Å². The van der Waals surface area contributed by atoms with E-state index in [1.165, 1.54) is 11.3 Å². The third-order valence-electron chi connectivity index (χ3n) is 2.62. The lowest BCUT2D eigenvalue weighted by atomic mass is 10.0. The number of carbonyl (C=O) groups excluding carboxylic acids is 1. The third kappa shape index (κ3) is 3.58. The Labute approximate surface area is 126 Å². The van der Waals surface area contributed by atoms with Crippen molar-refractivity contribution < 1.29 is 4.79 Å². The minimum Gasteiger partial charge on any atom is -0.393 e. The van der Waals surface area contributed by atoms with Crippen LogP contribution in [-0.4, -0.2) is 21.1 Å². The summed E-state index contributed by atoms with van der Waals surface area (Å²) in [6.45, 7) is 1.99. The Morgan fingerprint density at radius 2 is 2.15 bits per heavy atom. The molecule has 0 bridgehead atoms. The summed E-state index contributed by atoms with van der Waals surface area (Å²) in [7, 11) is 0. The Hall–Kier alpha value is -1.86. The van der Waals surface area contributed by atoms with Crippen molar-refractivity contribution in [2.75, 3.05) is 5.32 Å². The molecule has 0 atom stereocenters. The van der Waals surface area contributed by atoms with Crippen molar-refractivity contribution in [3.05, 3.63) is 40.4 Å². The normalized spacial score (nSPS) is 10.2. The van der Waals surface area contributed by atoms with Crippen molar-refractivity contribution in [2.45, 2.75) is 19.8 Å². The minimum absolute atomic E-state index is 0.226. The van der Waals surface area contributed by atoms with Crippen LogP contribution in [0.2, 0.25) is 0 Å². The summed E-state index contributed by atoms with van der Waals surface area (Å²) in [6.07, 6.45) is 1.20. The number of aromatic nitrogens is 2. The Morgan fingerprint density at radius 3 is 2.80 bits per heavy atom. The van der Waals surface area contributed by atoms with Crippen LogP contribution in [-0.2, 0) is 12.8 Å². The molecule has 7 heteroatoms. The number of thiocarbonyl (C=S) groups is 1. The quantitative estimate of drug-likeness (QED) is 0.828. The number of benzene rings is 1. The van der Waals surface area contributed by atoms with Crippen molar-refractivity contribution in [1.82, 2.24) is 10.2 Å². The first kappa shape index (κ1) is 14.5. The van der Waals surface area contributed by atoms with Gasteiger partial charge in [0.1, 0.15) is 5.01 Å². The highest BCUT2D eigenvalue weighted by Gasteiger charge is 2.13. The SMILES string of the molecule is CCc1nnc(NC(=O)c2ccccc2CC(N)=S)s1. The molecule has 0 aliphatic rings. The van der Waals surface area contributed by atoms with Crippen LogP contribution in [0.25, 0.3) is 0 Å². The van der Waals surface area contributed by atoms with Gasteiger partial charge in [-0.25, -0.2) is 0 Å². The Balaban J connectivity index is 2.18. The third-order valence-corrected chi connectivity index (χ3v) is 3.74. The summed E-state index contributed by atoms with van der Waals surface area (Å²) in [5, 5.41) is 12.0. The lowest BCUT2D eigenvalue weighted by Gasteiger charge is -2.07. The standard InChI is InChI=1S/C13H14N4OS2/c1-2-11-16-17-13(20-11)15-12(18)9-6-4-3-5-8(9)7-10(14)19/h3-6H,2,7H2,1H3,(H2,14,19)(H,15,17,18). The van der Waals surface area contributed by atoms with Crippen molar-refractivity contribution in [2.24, 2.45) is 5.73 Å². The maximum absolute atomic E-state index is 12.3. The van der Waals surface area contributed by atoms with E-state index in [0.29, 0.717) is 22.1 Å². The second-order valence-corrected chi connectivity index (χ2v) is 5.70. The number of anilines is 1. The zero-order valence-electron chi connectivity index (χ0n) is 10.9. The van der Waals surface area contributed by atoms with E-state index in [2.05, 4.69) is 15.5 Å². The molecule has 2 rings (SSSR count). The number of aryl methyl sites for hydroxylation is 1. The van der Waals surface area contributed by atoms with Gasteiger partial charge in [-0.3, -0.25) is 10.1 Å². The van der Waals surface area contributed by atoms with Gasteiger partial charge in [0, 0.05) is 12.0 Å². The van der Waals surface area contributed by atoms with Gasteiger partial charge in [0.25, 0.3) is 5.91 Å². The van der Waals surface area contributed by atoms with Crippen LogP contribution in [0.15, 0.2) is 24.3 Å². The van der Waals surface area contributed by atoms with Crippen LogP contribution in [0.5, 0.6) is 0 Å². The van der Waals surface area contributed by atoms with Crippen molar-refractivity contribution in [3.63, 3.8) is 0 Å². The maximum Gasteiger partial charge on any atom is 0.257 e. The van der Waals surface area contributed by atoms with Gasteiger partial charge < -0.3 is 5.73 Å². The molecule has 0 saturated heterocycles. The molecule has 1 aromatic carbocycles. The monoisotopic (exact) mass is 306 g/mol. The predicted molar refractivity (Wildman–Crippen MR) is 84.2 cm³/mol. The fourth-order valence-corrected chi connectivity index (χ4v) is 2.53.